The summed E-state index contributed by atoms with van der Waals surface area (Å²) >= 11 is 1.92. The third kappa shape index (κ3) is 4.18. The van der Waals surface area contributed by atoms with Crippen molar-refractivity contribution in [3.05, 3.63) is 64.7 Å². The maximum absolute atomic E-state index is 14.5. The molecule has 1 atom stereocenters. The molecule has 164 valence electrons. The first-order valence-corrected chi connectivity index (χ1v) is 11.4. The predicted molar refractivity (Wildman–Crippen MR) is 117 cm³/mol. The third-order valence-electron chi connectivity index (χ3n) is 6.08. The summed E-state index contributed by atoms with van der Waals surface area (Å²) in [6.45, 7) is 3.75. The number of aromatic nitrogens is 2. The fourth-order valence-electron chi connectivity index (χ4n) is 4.03. The number of nitrogens with zero attached hydrogens (tertiary/aromatic N) is 1. The molecule has 1 saturated heterocycles. The van der Waals surface area contributed by atoms with Crippen molar-refractivity contribution >= 4 is 28.7 Å². The smallest absolute Gasteiger partial charge is 0.266 e. The van der Waals surface area contributed by atoms with Crippen LogP contribution in [0.1, 0.15) is 66.3 Å². The van der Waals surface area contributed by atoms with Crippen molar-refractivity contribution in [1.82, 2.24) is 15.3 Å². The molecule has 1 fully saturated rings. The highest BCUT2D eigenvalue weighted by atomic mass is 32.2. The number of halogens is 3. The summed E-state index contributed by atoms with van der Waals surface area (Å²) in [4.78, 5) is 21.0. The molecular weight excluding hydrogens is 423 g/mol. The number of carbonyl (C=O) groups is 1. The lowest BCUT2D eigenvalue weighted by Gasteiger charge is -2.33. The van der Waals surface area contributed by atoms with Gasteiger partial charge in [-0.1, -0.05) is 25.1 Å². The van der Waals surface area contributed by atoms with Crippen molar-refractivity contribution in [3.63, 3.8) is 0 Å². The molecular formula is C23H24F3N3OS. The number of nitrogens with one attached hydrogen (secondary N) is 2. The Morgan fingerprint density at radius 3 is 2.65 bits per heavy atom. The molecule has 4 rings (SSSR count). The molecule has 1 aliphatic heterocycles. The van der Waals surface area contributed by atoms with Crippen molar-refractivity contribution in [3.8, 4) is 0 Å². The monoisotopic (exact) mass is 447 g/mol. The maximum Gasteiger partial charge on any atom is 0.266 e. The van der Waals surface area contributed by atoms with Crippen LogP contribution in [0.4, 0.5) is 13.2 Å². The van der Waals surface area contributed by atoms with Crippen molar-refractivity contribution in [2.45, 2.75) is 44.6 Å². The number of H-pyrrole nitrogens is 1. The molecule has 4 nitrogen and oxygen atoms in total. The quantitative estimate of drug-likeness (QED) is 0.511. The van der Waals surface area contributed by atoms with Crippen molar-refractivity contribution in [2.75, 3.05) is 11.5 Å². The first-order chi connectivity index (χ1) is 14.8. The highest BCUT2D eigenvalue weighted by Gasteiger charge is 2.32. The molecule has 0 radical (unpaired) electrons. The Hall–Kier alpha value is -2.48. The van der Waals surface area contributed by atoms with Gasteiger partial charge in [0.05, 0.1) is 28.2 Å². The topological polar surface area (TPSA) is 57.8 Å². The maximum atomic E-state index is 14.5. The number of rotatable bonds is 5. The molecule has 31 heavy (non-hydrogen) atoms. The molecule has 3 heterocycles. The van der Waals surface area contributed by atoms with Gasteiger partial charge in [0.2, 0.25) is 0 Å². The number of fused-ring (bicyclic) bond motifs is 1. The Labute approximate surface area is 183 Å². The fraction of sp³-hybridized carbons (Fsp3) is 0.391. The van der Waals surface area contributed by atoms with E-state index in [-0.39, 0.29) is 11.0 Å². The molecule has 3 aromatic rings. The van der Waals surface area contributed by atoms with E-state index in [1.54, 1.807) is 13.1 Å². The van der Waals surface area contributed by atoms with E-state index in [9.17, 15) is 18.0 Å². The molecule has 1 aliphatic rings. The average molecular weight is 448 g/mol. The van der Waals surface area contributed by atoms with Crippen LogP contribution in [0.2, 0.25) is 0 Å². The molecule has 2 N–H and O–H groups in total. The molecule has 8 heteroatoms. The van der Waals surface area contributed by atoms with E-state index >= 15 is 0 Å². The molecule has 1 amide bonds. The van der Waals surface area contributed by atoms with Gasteiger partial charge in [-0.3, -0.25) is 9.78 Å². The SMILES string of the molecule is C[C@@H](NC(=O)c1cc(C2(C)CCSCC2)nc2cc[nH]c12)c1cccc(C(F)F)c1F. The number of carbonyl (C=O) groups excluding carboxylic acids is 1. The summed E-state index contributed by atoms with van der Waals surface area (Å²) in [5, 5.41) is 2.77. The second-order valence-corrected chi connectivity index (χ2v) is 9.44. The summed E-state index contributed by atoms with van der Waals surface area (Å²) in [5.74, 6) is 0.695. The van der Waals surface area contributed by atoms with Crippen LogP contribution in [0.15, 0.2) is 36.5 Å². The highest BCUT2D eigenvalue weighted by molar-refractivity contribution is 7.99. The lowest BCUT2D eigenvalue weighted by molar-refractivity contribution is 0.0940. The van der Waals surface area contributed by atoms with Gasteiger partial charge < -0.3 is 10.3 Å². The molecule has 0 saturated carbocycles. The number of hydrogen-bond acceptors (Lipinski definition) is 3. The molecule has 0 aliphatic carbocycles. The second-order valence-electron chi connectivity index (χ2n) is 8.21. The third-order valence-corrected chi connectivity index (χ3v) is 7.07. The zero-order chi connectivity index (χ0) is 22.2. The van der Waals surface area contributed by atoms with E-state index in [0.717, 1.165) is 36.1 Å². The summed E-state index contributed by atoms with van der Waals surface area (Å²) < 4.78 is 40.6. The van der Waals surface area contributed by atoms with Crippen LogP contribution in [0.5, 0.6) is 0 Å². The number of pyridine rings is 1. The fourth-order valence-corrected chi connectivity index (χ4v) is 5.42. The van der Waals surface area contributed by atoms with Gasteiger partial charge in [0.25, 0.3) is 12.3 Å². The van der Waals surface area contributed by atoms with Crippen LogP contribution >= 0.6 is 11.8 Å². The summed E-state index contributed by atoms with van der Waals surface area (Å²) in [6, 6.07) is 6.69. The standard InChI is InChI=1S/C23H24F3N3OS/c1-13(14-4-3-5-15(19(14)24)21(25)26)28-22(30)16-12-18(23(2)7-10-31-11-8-23)29-17-6-9-27-20(16)17/h3-6,9,12-13,21,27H,7-8,10-11H2,1-2H3,(H,28,30)/t13-/m1/s1. The van der Waals surface area contributed by atoms with E-state index < -0.39 is 29.8 Å². The minimum absolute atomic E-state index is 0.0272. The Balaban J connectivity index is 1.66. The zero-order valence-corrected chi connectivity index (χ0v) is 18.2. The lowest BCUT2D eigenvalue weighted by Crippen LogP contribution is -2.31. The normalized spacial score (nSPS) is 17.1. The molecule has 2 aromatic heterocycles. The van der Waals surface area contributed by atoms with E-state index in [0.29, 0.717) is 16.6 Å². The van der Waals surface area contributed by atoms with Gasteiger partial charge in [0.15, 0.2) is 0 Å². The number of benzene rings is 1. The Kier molecular flexibility index (Phi) is 6.01. The van der Waals surface area contributed by atoms with Gasteiger partial charge in [0.1, 0.15) is 5.82 Å². The Morgan fingerprint density at radius 2 is 1.94 bits per heavy atom. The summed E-state index contributed by atoms with van der Waals surface area (Å²) in [6.07, 6.45) is 0.762. The first kappa shape index (κ1) is 21.7. The summed E-state index contributed by atoms with van der Waals surface area (Å²) in [7, 11) is 0. The number of alkyl halides is 2. The van der Waals surface area contributed by atoms with Crippen LogP contribution in [-0.4, -0.2) is 27.4 Å². The number of hydrogen-bond donors (Lipinski definition) is 2. The van der Waals surface area contributed by atoms with Crippen LogP contribution < -0.4 is 5.32 Å². The number of amides is 1. The largest absolute Gasteiger partial charge is 0.359 e. The van der Waals surface area contributed by atoms with Gasteiger partial charge in [-0.05, 0) is 43.4 Å². The van der Waals surface area contributed by atoms with E-state index in [1.165, 1.54) is 12.1 Å². The number of aromatic amines is 1. The molecule has 0 bridgehead atoms. The van der Waals surface area contributed by atoms with Crippen LogP contribution in [0.3, 0.4) is 0 Å². The van der Waals surface area contributed by atoms with Crippen LogP contribution in [-0.2, 0) is 5.41 Å². The van der Waals surface area contributed by atoms with Crippen molar-refractivity contribution < 1.29 is 18.0 Å². The van der Waals surface area contributed by atoms with Gasteiger partial charge >= 0.3 is 0 Å². The van der Waals surface area contributed by atoms with Gasteiger partial charge in [-0.25, -0.2) is 13.2 Å². The molecule has 1 aromatic carbocycles. The van der Waals surface area contributed by atoms with Crippen molar-refractivity contribution in [1.29, 1.82) is 0 Å². The van der Waals surface area contributed by atoms with Crippen molar-refractivity contribution in [2.24, 2.45) is 0 Å². The van der Waals surface area contributed by atoms with E-state index in [1.807, 2.05) is 23.9 Å². The second kappa shape index (κ2) is 8.57. The van der Waals surface area contributed by atoms with Gasteiger partial charge in [-0.15, -0.1) is 0 Å². The summed E-state index contributed by atoms with van der Waals surface area (Å²) in [5.41, 5.74) is 1.82. The lowest BCUT2D eigenvalue weighted by atomic mass is 9.80. The number of thioether (sulfide) groups is 1. The van der Waals surface area contributed by atoms with Crippen LogP contribution in [0.25, 0.3) is 11.0 Å². The van der Waals surface area contributed by atoms with E-state index in [4.69, 9.17) is 4.98 Å². The van der Waals surface area contributed by atoms with Gasteiger partial charge in [-0.2, -0.15) is 11.8 Å². The van der Waals surface area contributed by atoms with Crippen LogP contribution in [0, 0.1) is 5.82 Å². The minimum Gasteiger partial charge on any atom is -0.359 e. The average Bonchev–Trinajstić information content (AvgIpc) is 3.22. The van der Waals surface area contributed by atoms with Gasteiger partial charge in [0, 0.05) is 22.9 Å². The predicted octanol–water partition coefficient (Wildman–Crippen LogP) is 5.92. The Bertz CT molecular complexity index is 1110. The molecule has 0 spiro atoms. The Morgan fingerprint density at radius 1 is 1.23 bits per heavy atom. The highest BCUT2D eigenvalue weighted by Crippen LogP contribution is 2.38. The molecule has 0 unspecified atom stereocenters. The minimum atomic E-state index is -2.92. The zero-order valence-electron chi connectivity index (χ0n) is 17.3. The van der Waals surface area contributed by atoms with E-state index in [2.05, 4.69) is 17.2 Å². The first-order valence-electron chi connectivity index (χ1n) is 10.2.